The zero-order valence-corrected chi connectivity index (χ0v) is 26.0. The van der Waals surface area contributed by atoms with E-state index in [0.29, 0.717) is 18.9 Å². The Hall–Kier alpha value is -3.72. The quantitative estimate of drug-likeness (QED) is 0.198. The Bertz CT molecular complexity index is 1250. The van der Waals surface area contributed by atoms with Gasteiger partial charge >= 0.3 is 6.03 Å². The van der Waals surface area contributed by atoms with Crippen molar-refractivity contribution in [3.05, 3.63) is 94.3 Å². The molecule has 225 valence electrons. The molecule has 3 N–H and O–H groups in total. The molecule has 0 saturated carbocycles. The highest BCUT2D eigenvalue weighted by atomic mass is 32.1. The van der Waals surface area contributed by atoms with Gasteiger partial charge < -0.3 is 20.9 Å². The standard InChI is InChI=1S/C33H44N5O3S/c1-24(2)32-36-29(23-42-32)22-38(4)33(41)37-30(19-20-34-25(3)39)31(40)35-28(21-27-16-9-6-10-17-27)18-12-11-15-26-13-7-5-8-14-26/h5-11,13-14,16-17,23-24,28,30H,12,15,18-22H2,1-4H3,(H,34,39)(H,35,40)(H,37,41). The fourth-order valence-electron chi connectivity index (χ4n) is 4.52. The van der Waals surface area contributed by atoms with Gasteiger partial charge in [-0.1, -0.05) is 74.5 Å². The summed E-state index contributed by atoms with van der Waals surface area (Å²) in [5.41, 5.74) is 3.20. The lowest BCUT2D eigenvalue weighted by Crippen LogP contribution is -2.53. The fraction of sp³-hybridized carbons (Fsp3) is 0.424. The largest absolute Gasteiger partial charge is 0.356 e. The predicted molar refractivity (Wildman–Crippen MR) is 169 cm³/mol. The summed E-state index contributed by atoms with van der Waals surface area (Å²) < 4.78 is 0. The van der Waals surface area contributed by atoms with Crippen LogP contribution in [0.2, 0.25) is 0 Å². The van der Waals surface area contributed by atoms with Crippen LogP contribution in [-0.4, -0.2) is 53.4 Å². The zero-order chi connectivity index (χ0) is 30.3. The summed E-state index contributed by atoms with van der Waals surface area (Å²) in [6.07, 6.45) is 5.67. The van der Waals surface area contributed by atoms with E-state index in [-0.39, 0.29) is 36.9 Å². The Labute approximate surface area is 254 Å². The van der Waals surface area contributed by atoms with Crippen LogP contribution in [0.15, 0.2) is 66.0 Å². The van der Waals surface area contributed by atoms with Crippen LogP contribution in [-0.2, 0) is 29.0 Å². The normalized spacial score (nSPS) is 12.4. The number of carbonyl (C=O) groups excluding carboxylic acids is 3. The molecule has 1 heterocycles. The van der Waals surface area contributed by atoms with E-state index in [1.54, 1.807) is 18.4 Å². The highest BCUT2D eigenvalue weighted by Crippen LogP contribution is 2.20. The van der Waals surface area contributed by atoms with Crippen molar-refractivity contribution in [3.8, 4) is 0 Å². The first-order valence-electron chi connectivity index (χ1n) is 14.6. The minimum absolute atomic E-state index is 0.116. The molecular formula is C33H44N5O3S. The van der Waals surface area contributed by atoms with Crippen LogP contribution in [0.3, 0.4) is 0 Å². The van der Waals surface area contributed by atoms with Gasteiger partial charge in [0, 0.05) is 37.9 Å². The maximum absolute atomic E-state index is 13.6. The van der Waals surface area contributed by atoms with Gasteiger partial charge in [0.05, 0.1) is 17.2 Å². The number of benzene rings is 2. The molecule has 8 nitrogen and oxygen atoms in total. The van der Waals surface area contributed by atoms with Gasteiger partial charge in [-0.05, 0) is 49.7 Å². The highest BCUT2D eigenvalue weighted by molar-refractivity contribution is 7.09. The fourth-order valence-corrected chi connectivity index (χ4v) is 5.35. The second-order valence-electron chi connectivity index (χ2n) is 10.9. The van der Waals surface area contributed by atoms with Gasteiger partial charge in [0.25, 0.3) is 0 Å². The van der Waals surface area contributed by atoms with Gasteiger partial charge in [0.15, 0.2) is 0 Å². The molecule has 2 unspecified atom stereocenters. The van der Waals surface area contributed by atoms with Crippen LogP contribution in [0.5, 0.6) is 0 Å². The minimum atomic E-state index is -0.806. The van der Waals surface area contributed by atoms with Crippen molar-refractivity contribution in [2.45, 2.75) is 77.4 Å². The Kier molecular flexibility index (Phi) is 13.5. The van der Waals surface area contributed by atoms with Crippen LogP contribution in [0.25, 0.3) is 0 Å². The third-order valence-electron chi connectivity index (χ3n) is 6.84. The van der Waals surface area contributed by atoms with E-state index in [1.807, 2.05) is 41.8 Å². The van der Waals surface area contributed by atoms with E-state index in [0.717, 1.165) is 35.5 Å². The van der Waals surface area contributed by atoms with E-state index in [4.69, 9.17) is 0 Å². The summed E-state index contributed by atoms with van der Waals surface area (Å²) in [5, 5.41) is 11.8. The molecule has 0 saturated heterocycles. The lowest BCUT2D eigenvalue weighted by molar-refractivity contribution is -0.124. The van der Waals surface area contributed by atoms with Crippen LogP contribution in [0, 0.1) is 6.42 Å². The molecule has 1 radical (unpaired) electrons. The van der Waals surface area contributed by atoms with E-state index in [1.165, 1.54) is 17.4 Å². The third-order valence-corrected chi connectivity index (χ3v) is 8.04. The van der Waals surface area contributed by atoms with Gasteiger partial charge in [-0.15, -0.1) is 11.3 Å². The number of rotatable bonds is 16. The van der Waals surface area contributed by atoms with Crippen LogP contribution < -0.4 is 16.0 Å². The number of urea groups is 1. The summed E-state index contributed by atoms with van der Waals surface area (Å²) in [6, 6.07) is 19.1. The Morgan fingerprint density at radius 1 is 0.952 bits per heavy atom. The van der Waals surface area contributed by atoms with Crippen molar-refractivity contribution in [3.63, 3.8) is 0 Å². The molecule has 3 aromatic rings. The summed E-state index contributed by atoms with van der Waals surface area (Å²) in [7, 11) is 1.69. The number of hydrogen-bond donors (Lipinski definition) is 3. The summed E-state index contributed by atoms with van der Waals surface area (Å²) >= 11 is 1.58. The molecule has 2 aromatic carbocycles. The van der Waals surface area contributed by atoms with E-state index >= 15 is 0 Å². The second-order valence-corrected chi connectivity index (χ2v) is 11.8. The smallest absolute Gasteiger partial charge is 0.318 e. The number of carbonyl (C=O) groups is 3. The van der Waals surface area contributed by atoms with Crippen LogP contribution in [0.4, 0.5) is 4.79 Å². The minimum Gasteiger partial charge on any atom is -0.356 e. The summed E-state index contributed by atoms with van der Waals surface area (Å²) in [5.74, 6) is -0.121. The van der Waals surface area contributed by atoms with Gasteiger partial charge in [0.1, 0.15) is 6.04 Å². The second kappa shape index (κ2) is 17.3. The molecule has 3 rings (SSSR count). The number of unbranched alkanes of at least 4 members (excludes halogenated alkanes) is 1. The van der Waals surface area contributed by atoms with Crippen molar-refractivity contribution in [1.29, 1.82) is 0 Å². The predicted octanol–water partition coefficient (Wildman–Crippen LogP) is 5.26. The maximum Gasteiger partial charge on any atom is 0.318 e. The number of nitrogens with zero attached hydrogens (tertiary/aromatic N) is 2. The maximum atomic E-state index is 13.6. The van der Waals surface area contributed by atoms with Gasteiger partial charge in [-0.25, -0.2) is 9.78 Å². The van der Waals surface area contributed by atoms with Crippen molar-refractivity contribution in [1.82, 2.24) is 25.8 Å². The number of hydrogen-bond acceptors (Lipinski definition) is 5. The third kappa shape index (κ3) is 11.6. The average molecular weight is 591 g/mol. The molecule has 1 aromatic heterocycles. The first kappa shape index (κ1) is 32.8. The number of amides is 4. The zero-order valence-electron chi connectivity index (χ0n) is 25.1. The Morgan fingerprint density at radius 3 is 2.24 bits per heavy atom. The highest BCUT2D eigenvalue weighted by Gasteiger charge is 2.25. The SMILES string of the molecule is CC(=O)NCCC(NC(=O)N(C)Cc1csc(C(C)C)n1)C(=O)NC(CC[CH]Cc1ccccc1)Cc1ccccc1. The van der Waals surface area contributed by atoms with Crippen molar-refractivity contribution >= 4 is 29.2 Å². The lowest BCUT2D eigenvalue weighted by atomic mass is 9.98. The average Bonchev–Trinajstić information content (AvgIpc) is 3.44. The van der Waals surface area contributed by atoms with Gasteiger partial charge in [-0.2, -0.15) is 0 Å². The Balaban J connectivity index is 1.64. The topological polar surface area (TPSA) is 103 Å². The van der Waals surface area contributed by atoms with Gasteiger partial charge in [-0.3, -0.25) is 9.59 Å². The molecule has 0 aliphatic rings. The number of nitrogens with one attached hydrogen (secondary N) is 3. The molecule has 0 spiro atoms. The van der Waals surface area contributed by atoms with Crippen molar-refractivity contribution < 1.29 is 14.4 Å². The molecule has 0 fully saturated rings. The molecule has 0 aliphatic heterocycles. The molecule has 42 heavy (non-hydrogen) atoms. The first-order valence-corrected chi connectivity index (χ1v) is 15.5. The first-order chi connectivity index (χ1) is 20.2. The summed E-state index contributed by atoms with van der Waals surface area (Å²) in [4.78, 5) is 44.4. The number of aromatic nitrogens is 1. The van der Waals surface area contributed by atoms with E-state index in [9.17, 15) is 14.4 Å². The van der Waals surface area contributed by atoms with E-state index < -0.39 is 6.04 Å². The Morgan fingerprint density at radius 2 is 1.62 bits per heavy atom. The summed E-state index contributed by atoms with van der Waals surface area (Å²) in [6.45, 7) is 6.22. The van der Waals surface area contributed by atoms with Crippen LogP contribution in [0.1, 0.15) is 67.8 Å². The van der Waals surface area contributed by atoms with Gasteiger partial charge in [0.2, 0.25) is 11.8 Å². The van der Waals surface area contributed by atoms with Crippen molar-refractivity contribution in [2.75, 3.05) is 13.6 Å². The molecular weight excluding hydrogens is 546 g/mol. The molecule has 9 heteroatoms. The van der Waals surface area contributed by atoms with Crippen LogP contribution >= 0.6 is 11.3 Å². The van der Waals surface area contributed by atoms with Crippen molar-refractivity contribution in [2.24, 2.45) is 0 Å². The lowest BCUT2D eigenvalue weighted by Gasteiger charge is -2.26. The number of thiazole rings is 1. The molecule has 4 amide bonds. The van der Waals surface area contributed by atoms with E-state index in [2.05, 4.69) is 65.5 Å². The molecule has 2 atom stereocenters. The molecule has 0 aliphatic carbocycles. The molecule has 0 bridgehead atoms. The monoisotopic (exact) mass is 590 g/mol.